The van der Waals surface area contributed by atoms with Crippen LogP contribution in [-0.4, -0.2) is 45.7 Å². The highest BCUT2D eigenvalue weighted by Crippen LogP contribution is 2.28. The fraction of sp³-hybridized carbons (Fsp3) is 0.846. The van der Waals surface area contributed by atoms with Gasteiger partial charge in [-0.3, -0.25) is 4.79 Å². The molecule has 5 nitrogen and oxygen atoms in total. The zero-order valence-electron chi connectivity index (χ0n) is 10.5. The number of aliphatic hydroxyl groups excluding tert-OH is 1. The van der Waals surface area contributed by atoms with E-state index < -0.39 is 18.1 Å². The first-order valence-corrected chi connectivity index (χ1v) is 6.78. The number of β-amino-alcohol motifs (C(OH)–C–C–N with tert-alkyl or cyclic N) is 1. The summed E-state index contributed by atoms with van der Waals surface area (Å²) in [5.74, 6) is -0.715. The number of aliphatic carboxylic acids is 1. The van der Waals surface area contributed by atoms with E-state index >= 15 is 0 Å². The monoisotopic (exact) mass is 255 g/mol. The summed E-state index contributed by atoms with van der Waals surface area (Å²) in [5, 5.41) is 18.6. The van der Waals surface area contributed by atoms with Gasteiger partial charge in [-0.25, -0.2) is 4.79 Å². The lowest BCUT2D eigenvalue weighted by atomic mass is 9.86. The van der Waals surface area contributed by atoms with Crippen molar-refractivity contribution in [1.29, 1.82) is 0 Å². The van der Waals surface area contributed by atoms with Gasteiger partial charge in [0.05, 0.1) is 6.10 Å². The summed E-state index contributed by atoms with van der Waals surface area (Å²) in [6, 6.07) is -0.837. The third kappa shape index (κ3) is 3.02. The van der Waals surface area contributed by atoms with E-state index in [-0.39, 0.29) is 18.9 Å². The molecule has 0 aromatic heterocycles. The summed E-state index contributed by atoms with van der Waals surface area (Å²) < 4.78 is 0. The molecule has 18 heavy (non-hydrogen) atoms. The summed E-state index contributed by atoms with van der Waals surface area (Å²) in [7, 11) is 0. The van der Waals surface area contributed by atoms with Crippen molar-refractivity contribution < 1.29 is 19.8 Å². The molecule has 1 amide bonds. The molecule has 102 valence electrons. The summed E-state index contributed by atoms with van der Waals surface area (Å²) in [6.45, 7) is 0.169. The Bertz CT molecular complexity index is 325. The molecule has 0 bridgehead atoms. The van der Waals surface area contributed by atoms with E-state index in [1.54, 1.807) is 0 Å². The highest BCUT2D eigenvalue weighted by Gasteiger charge is 2.39. The average molecular weight is 255 g/mol. The van der Waals surface area contributed by atoms with Gasteiger partial charge in [0, 0.05) is 19.4 Å². The van der Waals surface area contributed by atoms with Crippen molar-refractivity contribution in [3.63, 3.8) is 0 Å². The minimum absolute atomic E-state index is 0.106. The van der Waals surface area contributed by atoms with Crippen LogP contribution >= 0.6 is 0 Å². The first kappa shape index (κ1) is 13.3. The molecule has 0 aromatic carbocycles. The third-order valence-electron chi connectivity index (χ3n) is 4.07. The molecule has 0 unspecified atom stereocenters. The number of nitrogens with zero attached hydrogens (tertiary/aromatic N) is 1. The quantitative estimate of drug-likeness (QED) is 0.788. The van der Waals surface area contributed by atoms with Crippen LogP contribution in [0.15, 0.2) is 0 Å². The maximum Gasteiger partial charge on any atom is 0.326 e. The minimum Gasteiger partial charge on any atom is -0.480 e. The van der Waals surface area contributed by atoms with E-state index in [4.69, 9.17) is 5.11 Å². The van der Waals surface area contributed by atoms with Crippen LogP contribution in [0.2, 0.25) is 0 Å². The van der Waals surface area contributed by atoms with Crippen LogP contribution in [0.5, 0.6) is 0 Å². The second kappa shape index (κ2) is 5.69. The highest BCUT2D eigenvalue weighted by molar-refractivity contribution is 5.84. The van der Waals surface area contributed by atoms with Crippen LogP contribution in [0.3, 0.4) is 0 Å². The number of amides is 1. The van der Waals surface area contributed by atoms with Crippen LogP contribution in [-0.2, 0) is 9.59 Å². The molecule has 2 atom stereocenters. The van der Waals surface area contributed by atoms with Crippen LogP contribution in [0, 0.1) is 5.92 Å². The van der Waals surface area contributed by atoms with E-state index in [0.29, 0.717) is 12.3 Å². The molecule has 1 aliphatic heterocycles. The Kier molecular flexibility index (Phi) is 4.22. The molecule has 1 saturated heterocycles. The van der Waals surface area contributed by atoms with Crippen molar-refractivity contribution in [1.82, 2.24) is 4.90 Å². The van der Waals surface area contributed by atoms with E-state index in [0.717, 1.165) is 12.8 Å². The van der Waals surface area contributed by atoms with Crippen LogP contribution < -0.4 is 0 Å². The van der Waals surface area contributed by atoms with Gasteiger partial charge in [0.2, 0.25) is 5.91 Å². The van der Waals surface area contributed by atoms with E-state index in [1.807, 2.05) is 0 Å². The molecular weight excluding hydrogens is 234 g/mol. The molecule has 0 spiro atoms. The number of carbonyl (C=O) groups excluding carboxylic acids is 1. The lowest BCUT2D eigenvalue weighted by molar-refractivity contribution is -0.148. The van der Waals surface area contributed by atoms with E-state index in [2.05, 4.69) is 0 Å². The Morgan fingerprint density at radius 2 is 1.83 bits per heavy atom. The zero-order valence-corrected chi connectivity index (χ0v) is 10.5. The van der Waals surface area contributed by atoms with Gasteiger partial charge in [-0.1, -0.05) is 19.3 Å². The van der Waals surface area contributed by atoms with Crippen LogP contribution in [0.25, 0.3) is 0 Å². The SMILES string of the molecule is O=C(O)[C@@H]1C[C@H](O)CN1C(=O)CC1CCCCC1. The number of aliphatic hydroxyl groups is 1. The molecule has 2 N–H and O–H groups in total. The minimum atomic E-state index is -1.01. The normalized spacial score (nSPS) is 29.5. The molecule has 2 rings (SSSR count). The van der Waals surface area contributed by atoms with Crippen LogP contribution in [0.1, 0.15) is 44.9 Å². The topological polar surface area (TPSA) is 77.8 Å². The van der Waals surface area contributed by atoms with Gasteiger partial charge in [-0.15, -0.1) is 0 Å². The molecular formula is C13H21NO4. The average Bonchev–Trinajstić information content (AvgIpc) is 2.73. The van der Waals surface area contributed by atoms with E-state index in [1.165, 1.54) is 24.2 Å². The van der Waals surface area contributed by atoms with Crippen molar-refractivity contribution in [3.05, 3.63) is 0 Å². The number of hydrogen-bond acceptors (Lipinski definition) is 3. The summed E-state index contributed by atoms with van der Waals surface area (Å²) in [5.41, 5.74) is 0. The molecule has 2 aliphatic rings. The lowest BCUT2D eigenvalue weighted by Crippen LogP contribution is -2.41. The van der Waals surface area contributed by atoms with Crippen molar-refractivity contribution >= 4 is 11.9 Å². The van der Waals surface area contributed by atoms with E-state index in [9.17, 15) is 14.7 Å². The Hall–Kier alpha value is -1.10. The molecule has 1 aliphatic carbocycles. The van der Waals surface area contributed by atoms with Crippen LogP contribution in [0.4, 0.5) is 0 Å². The summed E-state index contributed by atoms with van der Waals surface area (Å²) >= 11 is 0. The zero-order chi connectivity index (χ0) is 13.1. The Labute approximate surface area is 107 Å². The maximum absolute atomic E-state index is 12.1. The van der Waals surface area contributed by atoms with Crippen molar-refractivity contribution in [2.75, 3.05) is 6.54 Å². The van der Waals surface area contributed by atoms with Gasteiger partial charge >= 0.3 is 5.97 Å². The first-order chi connectivity index (χ1) is 8.58. The van der Waals surface area contributed by atoms with Gasteiger partial charge in [-0.05, 0) is 18.8 Å². The molecule has 1 heterocycles. The predicted molar refractivity (Wildman–Crippen MR) is 65.0 cm³/mol. The number of carboxylic acid groups (broad SMARTS) is 1. The van der Waals surface area contributed by atoms with Crippen molar-refractivity contribution in [2.45, 2.75) is 57.1 Å². The number of hydrogen-bond donors (Lipinski definition) is 2. The number of likely N-dealkylation sites (tertiary alicyclic amines) is 1. The summed E-state index contributed by atoms with van der Waals surface area (Å²) in [6.07, 6.45) is 5.63. The largest absolute Gasteiger partial charge is 0.480 e. The lowest BCUT2D eigenvalue weighted by Gasteiger charge is -2.26. The Morgan fingerprint density at radius 3 is 2.44 bits per heavy atom. The third-order valence-corrected chi connectivity index (χ3v) is 4.07. The Morgan fingerprint density at radius 1 is 1.17 bits per heavy atom. The maximum atomic E-state index is 12.1. The number of carboxylic acids is 1. The Balaban J connectivity index is 1.92. The number of carbonyl (C=O) groups is 2. The van der Waals surface area contributed by atoms with Gasteiger partial charge in [0.25, 0.3) is 0 Å². The number of rotatable bonds is 3. The van der Waals surface area contributed by atoms with Gasteiger partial charge in [-0.2, -0.15) is 0 Å². The van der Waals surface area contributed by atoms with Gasteiger partial charge in [0.1, 0.15) is 6.04 Å². The smallest absolute Gasteiger partial charge is 0.326 e. The van der Waals surface area contributed by atoms with Gasteiger partial charge < -0.3 is 15.1 Å². The second-order valence-corrected chi connectivity index (χ2v) is 5.50. The molecule has 5 heteroatoms. The van der Waals surface area contributed by atoms with Crippen molar-refractivity contribution in [3.8, 4) is 0 Å². The fourth-order valence-corrected chi connectivity index (χ4v) is 3.08. The molecule has 1 saturated carbocycles. The second-order valence-electron chi connectivity index (χ2n) is 5.50. The first-order valence-electron chi connectivity index (χ1n) is 6.78. The highest BCUT2D eigenvalue weighted by atomic mass is 16.4. The standard InChI is InChI=1S/C13H21NO4/c15-10-7-11(13(17)18)14(8-10)12(16)6-9-4-2-1-3-5-9/h9-11,15H,1-8H2,(H,17,18)/t10-,11-/m0/s1. The fourth-order valence-electron chi connectivity index (χ4n) is 3.08. The van der Waals surface area contributed by atoms with Gasteiger partial charge in [0.15, 0.2) is 0 Å². The van der Waals surface area contributed by atoms with Crippen molar-refractivity contribution in [2.24, 2.45) is 5.92 Å². The predicted octanol–water partition coefficient (Wildman–Crippen LogP) is 1.00. The molecule has 0 aromatic rings. The molecule has 2 fully saturated rings. The summed E-state index contributed by atoms with van der Waals surface area (Å²) in [4.78, 5) is 24.5. The molecule has 0 radical (unpaired) electrons.